The summed E-state index contributed by atoms with van der Waals surface area (Å²) in [5.74, 6) is 2.94. The van der Waals surface area contributed by atoms with Crippen molar-refractivity contribution in [2.75, 3.05) is 32.6 Å². The largest absolute Gasteiger partial charge is 0.497 e. The van der Waals surface area contributed by atoms with Gasteiger partial charge in [-0.25, -0.2) is 4.79 Å². The van der Waals surface area contributed by atoms with Crippen LogP contribution in [0.1, 0.15) is 29.6 Å². The molecular weight excluding hydrogens is 412 g/mol. The topological polar surface area (TPSA) is 99.0 Å². The fraction of sp³-hybridized carbons (Fsp3) is 0.348. The summed E-state index contributed by atoms with van der Waals surface area (Å²) in [5.41, 5.74) is 1.74. The lowest BCUT2D eigenvalue weighted by Gasteiger charge is -2.18. The first kappa shape index (κ1) is 21.5. The molecule has 0 spiro atoms. The molecule has 1 N–H and O–H groups in total. The maximum absolute atomic E-state index is 12.7. The van der Waals surface area contributed by atoms with Gasteiger partial charge in [0.15, 0.2) is 12.4 Å². The molecule has 2 aromatic carbocycles. The Balaban J connectivity index is 1.32. The first-order valence-corrected chi connectivity index (χ1v) is 10.4. The van der Waals surface area contributed by atoms with Crippen molar-refractivity contribution >= 4 is 11.7 Å². The highest BCUT2D eigenvalue weighted by molar-refractivity contribution is 5.91. The molecule has 0 saturated carbocycles. The van der Waals surface area contributed by atoms with Gasteiger partial charge in [-0.05, 0) is 37.6 Å². The van der Waals surface area contributed by atoms with Crippen LogP contribution in [0.3, 0.4) is 0 Å². The van der Waals surface area contributed by atoms with Crippen molar-refractivity contribution in [1.29, 1.82) is 0 Å². The summed E-state index contributed by atoms with van der Waals surface area (Å²) in [5, 5.41) is 6.99. The van der Waals surface area contributed by atoms with Crippen molar-refractivity contribution in [2.45, 2.75) is 25.9 Å². The van der Waals surface area contributed by atoms with Gasteiger partial charge in [0.25, 0.3) is 5.89 Å². The lowest BCUT2D eigenvalue weighted by Crippen LogP contribution is -2.33. The number of carbonyl (C=O) groups is 1. The summed E-state index contributed by atoms with van der Waals surface area (Å²) in [4.78, 5) is 18.9. The van der Waals surface area contributed by atoms with Gasteiger partial charge in [0, 0.05) is 25.1 Å². The Bertz CT molecular complexity index is 1070. The van der Waals surface area contributed by atoms with Crippen LogP contribution < -0.4 is 19.5 Å². The zero-order valence-electron chi connectivity index (χ0n) is 18.3. The molecule has 4 rings (SSSR count). The van der Waals surface area contributed by atoms with Gasteiger partial charge >= 0.3 is 6.03 Å². The van der Waals surface area contributed by atoms with Gasteiger partial charge in [0.2, 0.25) is 0 Å². The number of urea groups is 1. The second-order valence-corrected chi connectivity index (χ2v) is 7.58. The fourth-order valence-electron chi connectivity index (χ4n) is 3.52. The van der Waals surface area contributed by atoms with E-state index in [-0.39, 0.29) is 18.6 Å². The summed E-state index contributed by atoms with van der Waals surface area (Å²) in [6.45, 7) is 3.32. The highest BCUT2D eigenvalue weighted by Crippen LogP contribution is 2.31. The van der Waals surface area contributed by atoms with E-state index in [4.69, 9.17) is 18.7 Å². The zero-order chi connectivity index (χ0) is 22.5. The number of hydrogen-bond donors (Lipinski definition) is 1. The molecule has 1 fully saturated rings. The first-order valence-electron chi connectivity index (χ1n) is 10.4. The first-order chi connectivity index (χ1) is 15.6. The molecular formula is C23H26N4O5. The molecule has 9 heteroatoms. The molecule has 0 aliphatic carbocycles. The van der Waals surface area contributed by atoms with Crippen molar-refractivity contribution in [3.05, 3.63) is 59.7 Å². The summed E-state index contributed by atoms with van der Waals surface area (Å²) < 4.78 is 21.6. The fourth-order valence-corrected chi connectivity index (χ4v) is 3.52. The molecule has 1 saturated heterocycles. The number of amides is 2. The molecule has 168 valence electrons. The molecule has 9 nitrogen and oxygen atoms in total. The third-order valence-electron chi connectivity index (χ3n) is 5.36. The highest BCUT2D eigenvalue weighted by atomic mass is 16.5. The van der Waals surface area contributed by atoms with E-state index in [1.165, 1.54) is 0 Å². The van der Waals surface area contributed by atoms with E-state index in [0.717, 1.165) is 17.7 Å². The van der Waals surface area contributed by atoms with Crippen LogP contribution in [-0.2, 0) is 6.61 Å². The molecule has 3 aromatic rings. The summed E-state index contributed by atoms with van der Waals surface area (Å²) in [6.07, 6.45) is 0.755. The predicted molar refractivity (Wildman–Crippen MR) is 117 cm³/mol. The van der Waals surface area contributed by atoms with E-state index in [1.807, 2.05) is 31.2 Å². The molecule has 2 amide bonds. The van der Waals surface area contributed by atoms with Gasteiger partial charge in [0.05, 0.1) is 19.9 Å². The Kier molecular flexibility index (Phi) is 6.44. The van der Waals surface area contributed by atoms with E-state index in [1.54, 1.807) is 37.3 Å². The van der Waals surface area contributed by atoms with Gasteiger partial charge in [-0.2, -0.15) is 4.98 Å². The van der Waals surface area contributed by atoms with Gasteiger partial charge < -0.3 is 29.0 Å². The van der Waals surface area contributed by atoms with E-state index < -0.39 is 0 Å². The number of nitrogens with zero attached hydrogens (tertiary/aromatic N) is 3. The Morgan fingerprint density at radius 2 is 1.94 bits per heavy atom. The van der Waals surface area contributed by atoms with Gasteiger partial charge in [-0.3, -0.25) is 0 Å². The number of benzene rings is 2. The van der Waals surface area contributed by atoms with E-state index >= 15 is 0 Å². The van der Waals surface area contributed by atoms with Crippen LogP contribution in [0.5, 0.6) is 17.2 Å². The lowest BCUT2D eigenvalue weighted by atomic mass is 10.1. The lowest BCUT2D eigenvalue weighted by molar-refractivity contribution is 0.221. The van der Waals surface area contributed by atoms with E-state index in [0.29, 0.717) is 42.0 Å². The molecule has 1 atom stereocenters. The minimum Gasteiger partial charge on any atom is -0.497 e. The van der Waals surface area contributed by atoms with Crippen LogP contribution in [0.25, 0.3) is 0 Å². The van der Waals surface area contributed by atoms with Crippen LogP contribution in [-0.4, -0.2) is 48.4 Å². The molecule has 0 radical (unpaired) electrons. The number of ether oxygens (including phenoxy) is 3. The quantitative estimate of drug-likeness (QED) is 0.595. The molecule has 1 aromatic heterocycles. The minimum absolute atomic E-state index is 0.00962. The SMILES string of the molecule is COc1ccc(NC(=O)N2CCC(c3noc(COc4ccc(C)cc4)n3)C2)c(OC)c1. The van der Waals surface area contributed by atoms with Crippen LogP contribution in [0.2, 0.25) is 0 Å². The number of likely N-dealkylation sites (tertiary alicyclic amines) is 1. The maximum Gasteiger partial charge on any atom is 0.321 e. The van der Waals surface area contributed by atoms with Gasteiger partial charge in [-0.1, -0.05) is 22.9 Å². The van der Waals surface area contributed by atoms with Crippen molar-refractivity contribution < 1.29 is 23.5 Å². The molecule has 32 heavy (non-hydrogen) atoms. The van der Waals surface area contributed by atoms with Crippen LogP contribution in [0.15, 0.2) is 47.0 Å². The summed E-state index contributed by atoms with van der Waals surface area (Å²) in [7, 11) is 3.13. The Labute approximate surface area is 186 Å². The maximum atomic E-state index is 12.7. The van der Waals surface area contributed by atoms with Crippen LogP contribution >= 0.6 is 0 Å². The summed E-state index contributed by atoms with van der Waals surface area (Å²) >= 11 is 0. The van der Waals surface area contributed by atoms with Crippen LogP contribution in [0, 0.1) is 6.92 Å². The normalized spacial score (nSPS) is 15.5. The number of aryl methyl sites for hydroxylation is 1. The average Bonchev–Trinajstić information content (AvgIpc) is 3.49. The smallest absolute Gasteiger partial charge is 0.321 e. The number of rotatable bonds is 7. The Morgan fingerprint density at radius 3 is 2.69 bits per heavy atom. The van der Waals surface area contributed by atoms with Crippen molar-refractivity contribution in [3.63, 3.8) is 0 Å². The van der Waals surface area contributed by atoms with Crippen molar-refractivity contribution in [3.8, 4) is 17.2 Å². The number of anilines is 1. The third kappa shape index (κ3) is 4.93. The van der Waals surface area contributed by atoms with Crippen LogP contribution in [0.4, 0.5) is 10.5 Å². The molecule has 1 aliphatic rings. The minimum atomic E-state index is -0.206. The second kappa shape index (κ2) is 9.59. The molecule has 1 unspecified atom stereocenters. The Morgan fingerprint density at radius 1 is 1.16 bits per heavy atom. The monoisotopic (exact) mass is 438 g/mol. The second-order valence-electron chi connectivity index (χ2n) is 7.58. The Hall–Kier alpha value is -3.75. The molecule has 1 aliphatic heterocycles. The van der Waals surface area contributed by atoms with Gasteiger partial charge in [-0.15, -0.1) is 0 Å². The average molecular weight is 438 g/mol. The van der Waals surface area contributed by atoms with Gasteiger partial charge in [0.1, 0.15) is 17.2 Å². The number of aromatic nitrogens is 2. The molecule has 2 heterocycles. The standard InChI is InChI=1S/C23H26N4O5/c1-15-4-6-17(7-5-15)31-14-21-25-22(26-32-21)16-10-11-27(13-16)23(28)24-19-9-8-18(29-2)12-20(19)30-3/h4-9,12,16H,10-11,13-14H2,1-3H3,(H,24,28). The highest BCUT2D eigenvalue weighted by Gasteiger charge is 2.31. The predicted octanol–water partition coefficient (Wildman–Crippen LogP) is 4.00. The third-order valence-corrected chi connectivity index (χ3v) is 5.36. The summed E-state index contributed by atoms with van der Waals surface area (Å²) in [6, 6.07) is 12.8. The zero-order valence-corrected chi connectivity index (χ0v) is 18.3. The van der Waals surface area contributed by atoms with E-state index in [9.17, 15) is 4.79 Å². The number of carbonyl (C=O) groups excluding carboxylic acids is 1. The number of methoxy groups -OCH3 is 2. The van der Waals surface area contributed by atoms with E-state index in [2.05, 4.69) is 15.5 Å². The molecule has 0 bridgehead atoms. The van der Waals surface area contributed by atoms with Crippen molar-refractivity contribution in [2.24, 2.45) is 0 Å². The van der Waals surface area contributed by atoms with Crippen molar-refractivity contribution in [1.82, 2.24) is 15.0 Å². The number of nitrogens with one attached hydrogen (secondary N) is 1. The number of hydrogen-bond acceptors (Lipinski definition) is 7.